The van der Waals surface area contributed by atoms with Gasteiger partial charge in [0.15, 0.2) is 0 Å². The Kier molecular flexibility index (Phi) is 21.3. The Morgan fingerprint density at radius 2 is 1.86 bits per heavy atom. The summed E-state index contributed by atoms with van der Waals surface area (Å²) in [5.74, 6) is -0.481. The molecule has 4 heteroatoms. The topological polar surface area (TPSA) is 78.1 Å². The average molecular weight is 111 g/mol. The van der Waals surface area contributed by atoms with Crippen LogP contribution in [0.15, 0.2) is 12.7 Å². The number of amides is 1. The summed E-state index contributed by atoms with van der Waals surface area (Å²) in [6.07, 6.45) is 1.06. The van der Waals surface area contributed by atoms with E-state index < -0.39 is 5.91 Å². The first-order valence-corrected chi connectivity index (χ1v) is 1.19. The molecule has 0 bridgehead atoms. The summed E-state index contributed by atoms with van der Waals surface area (Å²) in [6, 6.07) is 0. The fourth-order valence-electron chi connectivity index (χ4n) is 0. The molecule has 0 atom stereocenters. The van der Waals surface area contributed by atoms with Crippen LogP contribution in [0.5, 0.6) is 0 Å². The molecule has 0 heterocycles. The number of rotatable bonds is 1. The normalized spacial score (nSPS) is 4.57. The molecule has 1 amide bonds. The zero-order valence-electron chi connectivity index (χ0n) is 4.48. The molecule has 37 valence electrons. The van der Waals surface area contributed by atoms with Gasteiger partial charge < -0.3 is 11.9 Å². The van der Waals surface area contributed by atoms with Crippen LogP contribution in [-0.4, -0.2) is 35.5 Å². The minimum Gasteiger partial charge on any atom is -0.366 e. The molecule has 0 saturated heterocycles. The van der Waals surface area contributed by atoms with Crippen molar-refractivity contribution in [2.45, 2.75) is 0 Å². The summed E-state index contributed by atoms with van der Waals surface area (Å²) in [6.45, 7) is 3.09. The molecular weight excluding hydrogens is 103 g/mol. The number of nitrogens with two attached hydrogens (primary N) is 1. The van der Waals surface area contributed by atoms with E-state index >= 15 is 0 Å². The maximum atomic E-state index is 9.47. The Labute approximate surface area is 64.8 Å². The quantitative estimate of drug-likeness (QED) is 0.351. The van der Waals surface area contributed by atoms with Crippen molar-refractivity contribution in [3.63, 3.8) is 0 Å². The van der Waals surface area contributed by atoms with Crippen molar-refractivity contribution >= 4 is 35.5 Å². The van der Waals surface area contributed by atoms with E-state index in [9.17, 15) is 4.79 Å². The van der Waals surface area contributed by atoms with Gasteiger partial charge in [0.25, 0.3) is 0 Å². The van der Waals surface area contributed by atoms with Crippen molar-refractivity contribution in [3.8, 4) is 0 Å². The molecule has 1 radical (unpaired) electrons. The molecule has 7 heavy (non-hydrogen) atoms. The van der Waals surface area contributed by atoms with Crippen LogP contribution in [0.1, 0.15) is 0 Å². The number of hydrogen-bond acceptors (Lipinski definition) is 2. The molecule has 0 aromatic rings. The number of hydrogen-bond donors (Lipinski definition) is 2. The molecule has 0 aliphatic carbocycles. The maximum absolute atomic E-state index is 9.47. The second-order valence-corrected chi connectivity index (χ2v) is 0.606. The van der Waals surface area contributed by atoms with Gasteiger partial charge in [-0.1, -0.05) is 6.58 Å². The van der Waals surface area contributed by atoms with Gasteiger partial charge in [0, 0.05) is 29.6 Å². The summed E-state index contributed by atoms with van der Waals surface area (Å²) in [7, 11) is 0. The second-order valence-electron chi connectivity index (χ2n) is 0.606. The van der Waals surface area contributed by atoms with Crippen LogP contribution in [0.3, 0.4) is 0 Å². The molecule has 0 spiro atoms. The minimum absolute atomic E-state index is 0. The van der Waals surface area contributed by atoms with E-state index in [1.165, 1.54) is 0 Å². The number of carbonyl (C=O) groups excluding carboxylic acids is 1. The molecule has 0 rings (SSSR count). The van der Waals surface area contributed by atoms with Crippen molar-refractivity contribution in [1.29, 1.82) is 0 Å². The monoisotopic (exact) mass is 111 g/mol. The zero-order chi connectivity index (χ0) is 4.28. The Hall–Kier alpha value is 0.170. The van der Waals surface area contributed by atoms with E-state index in [1.807, 2.05) is 0 Å². The summed E-state index contributed by atoms with van der Waals surface area (Å²) < 4.78 is 0. The predicted molar refractivity (Wildman–Crippen MR) is 30.2 cm³/mol. The van der Waals surface area contributed by atoms with Gasteiger partial charge in [-0.15, -0.1) is 0 Å². The van der Waals surface area contributed by atoms with Crippen molar-refractivity contribution in [2.24, 2.45) is 5.73 Å². The Morgan fingerprint density at radius 3 is 1.86 bits per heavy atom. The average Bonchev–Trinajstić information content (AvgIpc) is 1.38. The summed E-state index contributed by atoms with van der Waals surface area (Å²) in [5.41, 5.74) is 4.53. The van der Waals surface area contributed by atoms with Gasteiger partial charge in [-0.25, -0.2) is 0 Å². The van der Waals surface area contributed by atoms with E-state index in [2.05, 4.69) is 12.3 Å². The molecule has 3 nitrogen and oxygen atoms in total. The third kappa shape index (κ3) is 22.8. The molecule has 0 aromatic heterocycles. The first-order chi connectivity index (χ1) is 2.27. The smallest absolute Gasteiger partial charge is 0.240 e. The van der Waals surface area contributed by atoms with Gasteiger partial charge >= 0.3 is 0 Å². The molecule has 0 unspecified atom stereocenters. The van der Waals surface area contributed by atoms with Crippen LogP contribution < -0.4 is 11.9 Å². The Morgan fingerprint density at radius 1 is 1.71 bits per heavy atom. The van der Waals surface area contributed by atoms with E-state index in [0.717, 1.165) is 6.08 Å². The molecular formula is C3H8N2NaO. The molecule has 0 aliphatic rings. The van der Waals surface area contributed by atoms with Crippen molar-refractivity contribution in [2.75, 3.05) is 0 Å². The van der Waals surface area contributed by atoms with Crippen molar-refractivity contribution < 1.29 is 4.79 Å². The summed E-state index contributed by atoms with van der Waals surface area (Å²) >= 11 is 0. The summed E-state index contributed by atoms with van der Waals surface area (Å²) in [5, 5.41) is 0. The zero-order valence-corrected chi connectivity index (χ0v) is 6.48. The summed E-state index contributed by atoms with van der Waals surface area (Å²) in [4.78, 5) is 9.47. The van der Waals surface area contributed by atoms with Gasteiger partial charge in [-0.3, -0.25) is 4.79 Å². The molecule has 5 N–H and O–H groups in total. The first-order valence-electron chi connectivity index (χ1n) is 1.19. The van der Waals surface area contributed by atoms with E-state index in [0.29, 0.717) is 0 Å². The third-order valence-corrected chi connectivity index (χ3v) is 0.201. The second kappa shape index (κ2) is 9.48. The van der Waals surface area contributed by atoms with Crippen LogP contribution in [0.2, 0.25) is 0 Å². The predicted octanol–water partition coefficient (Wildman–Crippen LogP) is -0.561. The molecule has 0 fully saturated rings. The van der Waals surface area contributed by atoms with Crippen LogP contribution in [0.25, 0.3) is 0 Å². The Balaban J connectivity index is -0.0000000800. The minimum atomic E-state index is -0.481. The fourth-order valence-corrected chi connectivity index (χ4v) is 0. The van der Waals surface area contributed by atoms with E-state index in [1.54, 1.807) is 0 Å². The molecule has 0 aromatic carbocycles. The third-order valence-electron chi connectivity index (χ3n) is 0.201. The van der Waals surface area contributed by atoms with Gasteiger partial charge in [0.1, 0.15) is 0 Å². The van der Waals surface area contributed by atoms with Gasteiger partial charge in [0.2, 0.25) is 5.91 Å². The standard InChI is InChI=1S/C3H5NO.H3N.Na/c1-2-3(4)5;;/h2H,1H2,(H2,4,5);1H3;. The van der Waals surface area contributed by atoms with Gasteiger partial charge in [0.05, 0.1) is 0 Å². The van der Waals surface area contributed by atoms with Crippen LogP contribution in [-0.2, 0) is 4.79 Å². The van der Waals surface area contributed by atoms with Crippen molar-refractivity contribution in [3.05, 3.63) is 12.7 Å². The molecule has 0 saturated carbocycles. The van der Waals surface area contributed by atoms with Gasteiger partial charge in [-0.05, 0) is 6.08 Å². The number of carbonyl (C=O) groups is 1. The Bertz CT molecular complexity index is 64.0. The number of primary amides is 1. The van der Waals surface area contributed by atoms with E-state index in [4.69, 9.17) is 0 Å². The van der Waals surface area contributed by atoms with Crippen LogP contribution in [0.4, 0.5) is 0 Å². The van der Waals surface area contributed by atoms with Crippen LogP contribution >= 0.6 is 0 Å². The largest absolute Gasteiger partial charge is 0.366 e. The first kappa shape index (κ1) is 15.7. The molecule has 0 aliphatic heterocycles. The van der Waals surface area contributed by atoms with Crippen molar-refractivity contribution in [1.82, 2.24) is 6.15 Å². The maximum Gasteiger partial charge on any atom is 0.240 e. The fraction of sp³-hybridized carbons (Fsp3) is 0. The van der Waals surface area contributed by atoms with E-state index in [-0.39, 0.29) is 35.7 Å². The SMILES string of the molecule is C=CC(N)=O.N.[Na]. The van der Waals surface area contributed by atoms with Crippen LogP contribution in [0, 0.1) is 0 Å². The van der Waals surface area contributed by atoms with Gasteiger partial charge in [-0.2, -0.15) is 0 Å².